The maximum absolute atomic E-state index is 12.4. The molecule has 0 unspecified atom stereocenters. The molecule has 5 nitrogen and oxygen atoms in total. The molecule has 24 heavy (non-hydrogen) atoms. The van der Waals surface area contributed by atoms with E-state index in [0.29, 0.717) is 28.6 Å². The summed E-state index contributed by atoms with van der Waals surface area (Å²) < 4.78 is 21.1. The quantitative estimate of drug-likeness (QED) is 0.574. The van der Waals surface area contributed by atoms with Gasteiger partial charge in [-0.1, -0.05) is 18.2 Å². The van der Waals surface area contributed by atoms with Crippen LogP contribution in [0.4, 0.5) is 0 Å². The van der Waals surface area contributed by atoms with E-state index in [0.717, 1.165) is 5.56 Å². The third-order valence-corrected chi connectivity index (χ3v) is 3.49. The van der Waals surface area contributed by atoms with Crippen LogP contribution in [0.1, 0.15) is 15.9 Å². The zero-order chi connectivity index (χ0) is 17.5. The van der Waals surface area contributed by atoms with Gasteiger partial charge in [0.25, 0.3) is 0 Å². The maximum Gasteiger partial charge on any atom is 0.203 e. The molecule has 0 spiro atoms. The molecule has 0 aliphatic carbocycles. The van der Waals surface area contributed by atoms with Gasteiger partial charge < -0.3 is 18.9 Å². The summed E-state index contributed by atoms with van der Waals surface area (Å²) in [5.74, 6) is 1.95. The molecule has 0 bridgehead atoms. The average molecular weight is 328 g/mol. The zero-order valence-electron chi connectivity index (χ0n) is 14.2. The van der Waals surface area contributed by atoms with Crippen LogP contribution in [0.2, 0.25) is 0 Å². The van der Waals surface area contributed by atoms with Gasteiger partial charge >= 0.3 is 0 Å². The zero-order valence-corrected chi connectivity index (χ0v) is 14.2. The Balaban J connectivity index is 2.33. The second kappa shape index (κ2) is 8.06. The summed E-state index contributed by atoms with van der Waals surface area (Å²) >= 11 is 0. The summed E-state index contributed by atoms with van der Waals surface area (Å²) in [5.41, 5.74) is 1.26. The summed E-state index contributed by atoms with van der Waals surface area (Å²) in [7, 11) is 6.17. The summed E-state index contributed by atoms with van der Waals surface area (Å²) in [6.45, 7) is 0. The number of ether oxygens (including phenoxy) is 4. The number of hydrogen-bond acceptors (Lipinski definition) is 5. The lowest BCUT2D eigenvalue weighted by Crippen LogP contribution is -1.98. The van der Waals surface area contributed by atoms with E-state index < -0.39 is 0 Å². The van der Waals surface area contributed by atoms with Crippen LogP contribution < -0.4 is 18.9 Å². The van der Waals surface area contributed by atoms with E-state index in [1.54, 1.807) is 57.7 Å². The van der Waals surface area contributed by atoms with Crippen LogP contribution in [0.15, 0.2) is 42.5 Å². The number of benzene rings is 2. The Morgan fingerprint density at radius 2 is 1.42 bits per heavy atom. The van der Waals surface area contributed by atoms with Crippen LogP contribution in [0.25, 0.3) is 6.08 Å². The van der Waals surface area contributed by atoms with Crippen LogP contribution in [0.3, 0.4) is 0 Å². The van der Waals surface area contributed by atoms with Gasteiger partial charge in [0.2, 0.25) is 5.75 Å². The Bertz CT molecular complexity index is 724. The molecule has 0 fully saturated rings. The monoisotopic (exact) mass is 328 g/mol. The van der Waals surface area contributed by atoms with Gasteiger partial charge in [0.1, 0.15) is 5.75 Å². The lowest BCUT2D eigenvalue weighted by molar-refractivity contribution is 0.104. The normalized spacial score (nSPS) is 10.5. The fraction of sp³-hybridized carbons (Fsp3) is 0.211. The Hall–Kier alpha value is -2.95. The van der Waals surface area contributed by atoms with Crippen molar-refractivity contribution < 1.29 is 23.7 Å². The molecular weight excluding hydrogens is 308 g/mol. The fourth-order valence-electron chi connectivity index (χ4n) is 2.31. The highest BCUT2D eigenvalue weighted by molar-refractivity contribution is 6.08. The lowest BCUT2D eigenvalue weighted by Gasteiger charge is -2.12. The first-order chi connectivity index (χ1) is 11.6. The van der Waals surface area contributed by atoms with E-state index in [1.165, 1.54) is 13.2 Å². The molecule has 2 aromatic carbocycles. The number of methoxy groups -OCH3 is 4. The van der Waals surface area contributed by atoms with Crippen LogP contribution >= 0.6 is 0 Å². The highest BCUT2D eigenvalue weighted by Crippen LogP contribution is 2.38. The number of allylic oxidation sites excluding steroid dienone is 1. The highest BCUT2D eigenvalue weighted by atomic mass is 16.5. The molecule has 5 heteroatoms. The Kier molecular flexibility index (Phi) is 5.84. The van der Waals surface area contributed by atoms with Crippen LogP contribution in [-0.2, 0) is 0 Å². The van der Waals surface area contributed by atoms with Gasteiger partial charge in [-0.05, 0) is 35.9 Å². The average Bonchev–Trinajstić information content (AvgIpc) is 2.64. The minimum atomic E-state index is -0.152. The lowest BCUT2D eigenvalue weighted by atomic mass is 10.1. The van der Waals surface area contributed by atoms with E-state index in [4.69, 9.17) is 18.9 Å². The molecule has 2 aromatic rings. The van der Waals surface area contributed by atoms with Crippen molar-refractivity contribution in [2.45, 2.75) is 0 Å². The standard InChI is InChI=1S/C19H20O5/c1-21-16-8-6-5-7-14(16)15(20)10-9-13-11-17(22-2)19(24-4)18(12-13)23-3/h5-12H,1-4H3/b10-9+. The van der Waals surface area contributed by atoms with E-state index in [9.17, 15) is 4.79 Å². The van der Waals surface area contributed by atoms with Crippen molar-refractivity contribution >= 4 is 11.9 Å². The first-order valence-electron chi connectivity index (χ1n) is 7.30. The predicted octanol–water partition coefficient (Wildman–Crippen LogP) is 3.62. The fourth-order valence-corrected chi connectivity index (χ4v) is 2.31. The van der Waals surface area contributed by atoms with Gasteiger partial charge in [0.05, 0.1) is 34.0 Å². The molecule has 0 heterocycles. The molecule has 2 rings (SSSR count). The molecule has 0 aromatic heterocycles. The number of hydrogen-bond donors (Lipinski definition) is 0. The van der Waals surface area contributed by atoms with Gasteiger partial charge in [0, 0.05) is 0 Å². The molecule has 0 aliphatic heterocycles. The number of ketones is 1. The largest absolute Gasteiger partial charge is 0.496 e. The van der Waals surface area contributed by atoms with Crippen molar-refractivity contribution in [1.29, 1.82) is 0 Å². The van der Waals surface area contributed by atoms with Crippen molar-refractivity contribution in [3.05, 3.63) is 53.6 Å². The summed E-state index contributed by atoms with van der Waals surface area (Å²) in [5, 5.41) is 0. The summed E-state index contributed by atoms with van der Waals surface area (Å²) in [4.78, 5) is 12.4. The van der Waals surface area contributed by atoms with Crippen LogP contribution in [0, 0.1) is 0 Å². The molecule has 0 N–H and O–H groups in total. The van der Waals surface area contributed by atoms with E-state index in [1.807, 2.05) is 6.07 Å². The smallest absolute Gasteiger partial charge is 0.203 e. The van der Waals surface area contributed by atoms with Gasteiger partial charge in [-0.2, -0.15) is 0 Å². The van der Waals surface area contributed by atoms with Crippen LogP contribution in [-0.4, -0.2) is 34.2 Å². The van der Waals surface area contributed by atoms with Gasteiger partial charge in [-0.15, -0.1) is 0 Å². The predicted molar refractivity (Wildman–Crippen MR) is 92.5 cm³/mol. The molecule has 126 valence electrons. The molecule has 0 amide bonds. The van der Waals surface area contributed by atoms with E-state index in [2.05, 4.69) is 0 Å². The molecule has 0 atom stereocenters. The number of carbonyl (C=O) groups is 1. The SMILES string of the molecule is COc1ccccc1C(=O)/C=C/c1cc(OC)c(OC)c(OC)c1. The minimum absolute atomic E-state index is 0.152. The topological polar surface area (TPSA) is 54.0 Å². The van der Waals surface area contributed by atoms with Gasteiger partial charge in [-0.25, -0.2) is 0 Å². The van der Waals surface area contributed by atoms with Crippen LogP contribution in [0.5, 0.6) is 23.0 Å². The number of rotatable bonds is 7. The second-order valence-corrected chi connectivity index (χ2v) is 4.86. The Morgan fingerprint density at radius 3 is 1.96 bits per heavy atom. The Morgan fingerprint density at radius 1 is 0.833 bits per heavy atom. The maximum atomic E-state index is 12.4. The highest BCUT2D eigenvalue weighted by Gasteiger charge is 2.13. The number of para-hydroxylation sites is 1. The van der Waals surface area contributed by atoms with Crippen molar-refractivity contribution in [2.24, 2.45) is 0 Å². The first-order valence-corrected chi connectivity index (χ1v) is 7.30. The summed E-state index contributed by atoms with van der Waals surface area (Å²) in [6, 6.07) is 10.6. The van der Waals surface area contributed by atoms with Gasteiger partial charge in [0.15, 0.2) is 17.3 Å². The van der Waals surface area contributed by atoms with E-state index in [-0.39, 0.29) is 5.78 Å². The third-order valence-electron chi connectivity index (χ3n) is 3.49. The van der Waals surface area contributed by atoms with Crippen molar-refractivity contribution in [3.63, 3.8) is 0 Å². The van der Waals surface area contributed by atoms with Crippen molar-refractivity contribution in [3.8, 4) is 23.0 Å². The minimum Gasteiger partial charge on any atom is -0.496 e. The Labute approximate surface area is 141 Å². The molecule has 0 aliphatic rings. The second-order valence-electron chi connectivity index (χ2n) is 4.86. The van der Waals surface area contributed by atoms with Crippen molar-refractivity contribution in [1.82, 2.24) is 0 Å². The first kappa shape index (κ1) is 17.4. The summed E-state index contributed by atoms with van der Waals surface area (Å²) in [6.07, 6.45) is 3.18. The third kappa shape index (κ3) is 3.68. The molecule has 0 saturated carbocycles. The molecular formula is C19H20O5. The van der Waals surface area contributed by atoms with Crippen molar-refractivity contribution in [2.75, 3.05) is 28.4 Å². The molecule has 0 saturated heterocycles. The van der Waals surface area contributed by atoms with Gasteiger partial charge in [-0.3, -0.25) is 4.79 Å². The molecule has 0 radical (unpaired) electrons. The number of carbonyl (C=O) groups excluding carboxylic acids is 1. The van der Waals surface area contributed by atoms with E-state index >= 15 is 0 Å².